The van der Waals surface area contributed by atoms with Crippen LogP contribution in [0.1, 0.15) is 23.5 Å². The molecule has 0 unspecified atom stereocenters. The van der Waals surface area contributed by atoms with E-state index in [2.05, 4.69) is 20.1 Å². The molecule has 4 heterocycles. The van der Waals surface area contributed by atoms with Gasteiger partial charge >= 0.3 is 11.8 Å². The number of hydrogen-bond donors (Lipinski definition) is 2. The van der Waals surface area contributed by atoms with E-state index < -0.39 is 0 Å². The Kier molecular flexibility index (Phi) is 4.08. The molecule has 3 N–H and O–H groups in total. The van der Waals surface area contributed by atoms with Crippen LogP contribution in [0.3, 0.4) is 0 Å². The van der Waals surface area contributed by atoms with Crippen LogP contribution in [0.15, 0.2) is 23.0 Å². The standard InChI is InChI=1S/C16H15ClN6O3/c17-11-9-1-4-19-13(9)20-7-10(11)14-21-15(26-22-14)16(25)23-5-2-8(3-6-23)12(18)24/h1,4,7-8H,2-3,5-6H2,(H2,18,24)(H,19,20). The summed E-state index contributed by atoms with van der Waals surface area (Å²) in [6, 6.07) is 1.79. The normalized spacial score (nSPS) is 15.5. The van der Waals surface area contributed by atoms with E-state index >= 15 is 0 Å². The predicted octanol–water partition coefficient (Wildman–Crippen LogP) is 1.60. The fourth-order valence-electron chi connectivity index (χ4n) is 3.05. The van der Waals surface area contributed by atoms with Crippen molar-refractivity contribution >= 4 is 34.4 Å². The molecule has 0 atom stereocenters. The summed E-state index contributed by atoms with van der Waals surface area (Å²) in [5, 5.41) is 5.02. The van der Waals surface area contributed by atoms with Gasteiger partial charge in [0, 0.05) is 36.8 Å². The molecule has 3 aromatic rings. The molecule has 9 nitrogen and oxygen atoms in total. The zero-order chi connectivity index (χ0) is 18.3. The number of fused-ring (bicyclic) bond motifs is 1. The van der Waals surface area contributed by atoms with Crippen LogP contribution in [0, 0.1) is 5.92 Å². The third-order valence-corrected chi connectivity index (χ3v) is 4.96. The van der Waals surface area contributed by atoms with Crippen LogP contribution in [-0.2, 0) is 4.79 Å². The highest BCUT2D eigenvalue weighted by molar-refractivity contribution is 6.37. The zero-order valence-electron chi connectivity index (χ0n) is 13.6. The number of likely N-dealkylation sites (tertiary alicyclic amines) is 1. The Balaban J connectivity index is 1.55. The minimum atomic E-state index is -0.376. The van der Waals surface area contributed by atoms with Crippen LogP contribution in [-0.4, -0.2) is 49.9 Å². The Morgan fingerprint density at radius 2 is 2.12 bits per heavy atom. The molecule has 1 fully saturated rings. The van der Waals surface area contributed by atoms with Gasteiger partial charge in [0.15, 0.2) is 0 Å². The Labute approximate surface area is 152 Å². The Morgan fingerprint density at radius 3 is 2.85 bits per heavy atom. The maximum Gasteiger partial charge on any atom is 0.316 e. The van der Waals surface area contributed by atoms with Crippen molar-refractivity contribution < 1.29 is 14.1 Å². The van der Waals surface area contributed by atoms with Gasteiger partial charge in [0.25, 0.3) is 0 Å². The molecule has 0 aliphatic carbocycles. The summed E-state index contributed by atoms with van der Waals surface area (Å²) in [4.78, 5) is 36.7. The molecule has 0 radical (unpaired) electrons. The van der Waals surface area contributed by atoms with Crippen LogP contribution in [0.5, 0.6) is 0 Å². The van der Waals surface area contributed by atoms with Gasteiger partial charge in [0.1, 0.15) is 5.65 Å². The number of nitrogens with two attached hydrogens (primary N) is 1. The van der Waals surface area contributed by atoms with E-state index in [1.54, 1.807) is 17.2 Å². The second kappa shape index (κ2) is 6.41. The van der Waals surface area contributed by atoms with Crippen molar-refractivity contribution in [1.29, 1.82) is 0 Å². The van der Waals surface area contributed by atoms with Gasteiger partial charge in [-0.05, 0) is 18.9 Å². The molecule has 3 aromatic heterocycles. The van der Waals surface area contributed by atoms with E-state index in [9.17, 15) is 9.59 Å². The molecule has 0 saturated carbocycles. The molecule has 1 aliphatic rings. The van der Waals surface area contributed by atoms with E-state index in [4.69, 9.17) is 21.9 Å². The topological polar surface area (TPSA) is 131 Å². The lowest BCUT2D eigenvalue weighted by molar-refractivity contribution is -0.123. The lowest BCUT2D eigenvalue weighted by Crippen LogP contribution is -2.41. The van der Waals surface area contributed by atoms with Gasteiger partial charge in [-0.2, -0.15) is 4.98 Å². The number of aromatic amines is 1. The van der Waals surface area contributed by atoms with Crippen LogP contribution in [0.4, 0.5) is 0 Å². The molecule has 0 bridgehead atoms. The molecule has 26 heavy (non-hydrogen) atoms. The van der Waals surface area contributed by atoms with Crippen LogP contribution < -0.4 is 5.73 Å². The second-order valence-electron chi connectivity index (χ2n) is 6.12. The number of carbonyl (C=O) groups is 2. The highest BCUT2D eigenvalue weighted by Gasteiger charge is 2.29. The average molecular weight is 375 g/mol. The number of hydrogen-bond acceptors (Lipinski definition) is 6. The van der Waals surface area contributed by atoms with E-state index in [1.807, 2.05) is 0 Å². The minimum Gasteiger partial charge on any atom is -0.369 e. The van der Waals surface area contributed by atoms with Crippen molar-refractivity contribution in [2.45, 2.75) is 12.8 Å². The average Bonchev–Trinajstić information content (AvgIpc) is 3.31. The molecule has 1 aliphatic heterocycles. The summed E-state index contributed by atoms with van der Waals surface area (Å²) in [6.07, 6.45) is 4.32. The van der Waals surface area contributed by atoms with Crippen LogP contribution in [0.25, 0.3) is 22.4 Å². The highest BCUT2D eigenvalue weighted by Crippen LogP contribution is 2.31. The molecule has 1 saturated heterocycles. The Morgan fingerprint density at radius 1 is 1.35 bits per heavy atom. The molecule has 10 heteroatoms. The van der Waals surface area contributed by atoms with Gasteiger partial charge in [-0.15, -0.1) is 0 Å². The first-order valence-electron chi connectivity index (χ1n) is 8.09. The lowest BCUT2D eigenvalue weighted by atomic mass is 9.96. The quantitative estimate of drug-likeness (QED) is 0.715. The monoisotopic (exact) mass is 374 g/mol. The van der Waals surface area contributed by atoms with Gasteiger partial charge in [-0.25, -0.2) is 4.98 Å². The molecule has 134 valence electrons. The number of pyridine rings is 1. The molecular formula is C16H15ClN6O3. The summed E-state index contributed by atoms with van der Waals surface area (Å²) in [5.41, 5.74) is 6.44. The van der Waals surface area contributed by atoms with E-state index in [1.165, 1.54) is 6.20 Å². The summed E-state index contributed by atoms with van der Waals surface area (Å²) in [6.45, 7) is 0.837. The maximum absolute atomic E-state index is 12.5. The number of piperidine rings is 1. The highest BCUT2D eigenvalue weighted by atomic mass is 35.5. The van der Waals surface area contributed by atoms with Crippen molar-refractivity contribution in [3.8, 4) is 11.4 Å². The van der Waals surface area contributed by atoms with Crippen molar-refractivity contribution in [2.75, 3.05) is 13.1 Å². The number of amides is 2. The molecule has 2 amide bonds. The third kappa shape index (κ3) is 2.80. The predicted molar refractivity (Wildman–Crippen MR) is 92.2 cm³/mol. The third-order valence-electron chi connectivity index (χ3n) is 4.56. The summed E-state index contributed by atoms with van der Waals surface area (Å²) in [7, 11) is 0. The van der Waals surface area contributed by atoms with Crippen molar-refractivity contribution in [2.24, 2.45) is 11.7 Å². The van der Waals surface area contributed by atoms with Crippen LogP contribution >= 0.6 is 11.6 Å². The first-order valence-corrected chi connectivity index (χ1v) is 8.46. The Bertz CT molecular complexity index is 989. The first-order chi connectivity index (χ1) is 12.5. The number of primary amides is 1. The summed E-state index contributed by atoms with van der Waals surface area (Å²) in [5.74, 6) is -0.836. The summed E-state index contributed by atoms with van der Waals surface area (Å²) < 4.78 is 5.12. The molecular weight excluding hydrogens is 360 g/mol. The largest absolute Gasteiger partial charge is 0.369 e. The number of nitrogens with zero attached hydrogens (tertiary/aromatic N) is 4. The number of aromatic nitrogens is 4. The summed E-state index contributed by atoms with van der Waals surface area (Å²) >= 11 is 6.38. The van der Waals surface area contributed by atoms with Gasteiger partial charge in [0.05, 0.1) is 10.6 Å². The van der Waals surface area contributed by atoms with Crippen molar-refractivity contribution in [3.05, 3.63) is 29.4 Å². The van der Waals surface area contributed by atoms with Gasteiger partial charge in [-0.3, -0.25) is 9.59 Å². The SMILES string of the molecule is NC(=O)C1CCN(C(=O)c2nc(-c3cnc4[nH]ccc4c3Cl)no2)CC1. The van der Waals surface area contributed by atoms with Gasteiger partial charge in [-0.1, -0.05) is 16.8 Å². The Hall–Kier alpha value is -2.94. The number of nitrogens with one attached hydrogen (secondary N) is 1. The van der Waals surface area contributed by atoms with Crippen LogP contribution in [0.2, 0.25) is 5.02 Å². The second-order valence-corrected chi connectivity index (χ2v) is 6.50. The van der Waals surface area contributed by atoms with Crippen molar-refractivity contribution in [1.82, 2.24) is 25.0 Å². The molecule has 0 aromatic carbocycles. The number of halogens is 1. The van der Waals surface area contributed by atoms with E-state index in [0.29, 0.717) is 42.2 Å². The molecule has 0 spiro atoms. The lowest BCUT2D eigenvalue weighted by Gasteiger charge is -2.29. The number of rotatable bonds is 3. The van der Waals surface area contributed by atoms with Gasteiger partial charge < -0.3 is 20.1 Å². The maximum atomic E-state index is 12.5. The van der Waals surface area contributed by atoms with E-state index in [0.717, 1.165) is 5.39 Å². The fraction of sp³-hybridized carbons (Fsp3) is 0.312. The first kappa shape index (κ1) is 16.5. The molecule has 4 rings (SSSR count). The smallest absolute Gasteiger partial charge is 0.316 e. The zero-order valence-corrected chi connectivity index (χ0v) is 14.4. The fourth-order valence-corrected chi connectivity index (χ4v) is 3.34. The van der Waals surface area contributed by atoms with E-state index in [-0.39, 0.29) is 29.4 Å². The van der Waals surface area contributed by atoms with Crippen molar-refractivity contribution in [3.63, 3.8) is 0 Å². The number of carbonyl (C=O) groups excluding carboxylic acids is 2. The van der Waals surface area contributed by atoms with Gasteiger partial charge in [0.2, 0.25) is 11.7 Å². The number of H-pyrrole nitrogens is 1. The minimum absolute atomic E-state index is 0.122.